The Kier molecular flexibility index (Phi) is 5.57. The van der Waals surface area contributed by atoms with Crippen LogP contribution in [0.25, 0.3) is 22.2 Å². The van der Waals surface area contributed by atoms with Crippen LogP contribution in [0.2, 0.25) is 0 Å². The van der Waals surface area contributed by atoms with Crippen LogP contribution in [-0.4, -0.2) is 25.1 Å². The zero-order valence-electron chi connectivity index (χ0n) is 16.8. The van der Waals surface area contributed by atoms with Crippen LogP contribution in [0.15, 0.2) is 73.1 Å². The van der Waals surface area contributed by atoms with E-state index in [0.717, 1.165) is 22.0 Å². The number of rotatable bonds is 6. The van der Waals surface area contributed by atoms with Crippen molar-refractivity contribution in [1.82, 2.24) is 10.3 Å². The maximum Gasteiger partial charge on any atom is 0.252 e. The average molecular weight is 400 g/mol. The van der Waals surface area contributed by atoms with Crippen molar-refractivity contribution in [1.29, 1.82) is 0 Å². The Morgan fingerprint density at radius 3 is 2.57 bits per heavy atom. The fourth-order valence-corrected chi connectivity index (χ4v) is 3.33. The summed E-state index contributed by atoms with van der Waals surface area (Å²) in [7, 11) is 3.21. The minimum Gasteiger partial charge on any atom is -0.497 e. The van der Waals surface area contributed by atoms with Gasteiger partial charge in [-0.15, -0.1) is 0 Å². The first-order valence-electron chi connectivity index (χ1n) is 9.55. The third kappa shape index (κ3) is 3.93. The number of amides is 1. The zero-order valence-corrected chi connectivity index (χ0v) is 16.8. The number of benzene rings is 2. The lowest BCUT2D eigenvalue weighted by Gasteiger charge is -2.13. The fourth-order valence-electron chi connectivity index (χ4n) is 3.33. The number of H-pyrrole nitrogens is 1. The number of nitrogens with one attached hydrogen (secondary N) is 2. The first-order valence-corrected chi connectivity index (χ1v) is 9.55. The molecule has 0 unspecified atom stereocenters. The van der Waals surface area contributed by atoms with Crippen molar-refractivity contribution in [3.05, 3.63) is 84.2 Å². The minimum absolute atomic E-state index is 0.157. The number of para-hydroxylation sites is 1. The quantitative estimate of drug-likeness (QED) is 0.536. The molecule has 1 amide bonds. The first-order chi connectivity index (χ1) is 14.7. The highest BCUT2D eigenvalue weighted by Gasteiger charge is 2.16. The van der Waals surface area contributed by atoms with E-state index in [1.54, 1.807) is 26.4 Å². The van der Waals surface area contributed by atoms with Gasteiger partial charge in [-0.25, -0.2) is 9.97 Å². The summed E-state index contributed by atoms with van der Waals surface area (Å²) in [6, 6.07) is 18.8. The molecule has 150 valence electrons. The molecule has 4 aromatic rings. The molecule has 2 aromatic heterocycles. The Hall–Kier alpha value is -3.93. The molecule has 2 N–H and O–H groups in total. The normalized spacial score (nSPS) is 10.6. The van der Waals surface area contributed by atoms with Gasteiger partial charge in [-0.1, -0.05) is 18.2 Å². The molecule has 2 aromatic carbocycles. The number of pyridine rings is 2. The Labute approximate surface area is 174 Å². The van der Waals surface area contributed by atoms with E-state index in [0.29, 0.717) is 29.3 Å². The van der Waals surface area contributed by atoms with Crippen LogP contribution in [0, 0.1) is 0 Å². The lowest BCUT2D eigenvalue weighted by atomic mass is 10.0. The highest BCUT2D eigenvalue weighted by atomic mass is 16.5. The van der Waals surface area contributed by atoms with Gasteiger partial charge in [-0.2, -0.15) is 0 Å². The molecule has 0 bridgehead atoms. The maximum atomic E-state index is 13.1. The average Bonchev–Trinajstić information content (AvgIpc) is 2.82. The second-order valence-electron chi connectivity index (χ2n) is 6.73. The van der Waals surface area contributed by atoms with Crippen molar-refractivity contribution in [2.75, 3.05) is 14.2 Å². The lowest BCUT2D eigenvalue weighted by Crippen LogP contribution is -2.23. The molecule has 6 heteroatoms. The highest BCUT2D eigenvalue weighted by Crippen LogP contribution is 2.34. The van der Waals surface area contributed by atoms with Crippen LogP contribution in [0.4, 0.5) is 0 Å². The van der Waals surface area contributed by atoms with Crippen molar-refractivity contribution < 1.29 is 19.3 Å². The van der Waals surface area contributed by atoms with Gasteiger partial charge in [0.05, 0.1) is 31.0 Å². The van der Waals surface area contributed by atoms with E-state index in [9.17, 15) is 4.79 Å². The molecule has 0 saturated carbocycles. The standard InChI is InChI=1S/C24H21N3O3/c1-29-17-7-8-19(23(13-17)30-2)22-14-20(18-5-3-4-6-21(18)27-22)24(28)26-15-16-9-11-25-12-10-16/h3-14H,15H2,1-2H3,(H,26,28)/p+1. The highest BCUT2D eigenvalue weighted by molar-refractivity contribution is 6.07. The van der Waals surface area contributed by atoms with Gasteiger partial charge in [0.25, 0.3) is 5.91 Å². The van der Waals surface area contributed by atoms with Gasteiger partial charge in [0.1, 0.15) is 11.5 Å². The number of carbonyl (C=O) groups excluding carboxylic acids is 1. The van der Waals surface area contributed by atoms with Crippen molar-refractivity contribution in [2.45, 2.75) is 6.54 Å². The number of aromatic amines is 1. The van der Waals surface area contributed by atoms with Gasteiger partial charge in [0.15, 0.2) is 12.4 Å². The van der Waals surface area contributed by atoms with Crippen LogP contribution < -0.4 is 19.8 Å². The number of methoxy groups -OCH3 is 2. The number of hydrogen-bond acceptors (Lipinski definition) is 4. The molecule has 30 heavy (non-hydrogen) atoms. The van der Waals surface area contributed by atoms with E-state index in [2.05, 4.69) is 10.3 Å². The number of carbonyl (C=O) groups is 1. The lowest BCUT2D eigenvalue weighted by molar-refractivity contribution is -0.378. The predicted octanol–water partition coefficient (Wildman–Crippen LogP) is 3.66. The Morgan fingerprint density at radius 1 is 1.00 bits per heavy atom. The monoisotopic (exact) mass is 400 g/mol. The molecule has 0 aliphatic carbocycles. The molecule has 0 aliphatic heterocycles. The van der Waals surface area contributed by atoms with E-state index >= 15 is 0 Å². The smallest absolute Gasteiger partial charge is 0.252 e. The van der Waals surface area contributed by atoms with Crippen LogP contribution >= 0.6 is 0 Å². The van der Waals surface area contributed by atoms with Gasteiger partial charge >= 0.3 is 0 Å². The number of nitrogens with zero attached hydrogens (tertiary/aromatic N) is 1. The zero-order chi connectivity index (χ0) is 20.9. The number of aromatic nitrogens is 2. The first kappa shape index (κ1) is 19.4. The van der Waals surface area contributed by atoms with Crippen LogP contribution in [0.1, 0.15) is 15.9 Å². The molecule has 0 saturated heterocycles. The van der Waals surface area contributed by atoms with Gasteiger partial charge in [0.2, 0.25) is 0 Å². The topological polar surface area (TPSA) is 74.6 Å². The number of hydrogen-bond donors (Lipinski definition) is 1. The summed E-state index contributed by atoms with van der Waals surface area (Å²) >= 11 is 0. The summed E-state index contributed by atoms with van der Waals surface area (Å²) in [6.45, 7) is 0.436. The summed E-state index contributed by atoms with van der Waals surface area (Å²) in [4.78, 5) is 20.8. The predicted molar refractivity (Wildman–Crippen MR) is 114 cm³/mol. The molecule has 0 fully saturated rings. The SMILES string of the molecule is COc1ccc(-c2cc(C(=O)NCc3cc[nH+]cc3)c3ccccc3n2)c(OC)c1. The van der Waals surface area contributed by atoms with E-state index in [1.165, 1.54) is 0 Å². The van der Waals surface area contributed by atoms with Crippen LogP contribution in [0.5, 0.6) is 11.5 Å². The second kappa shape index (κ2) is 8.61. The maximum absolute atomic E-state index is 13.1. The molecular weight excluding hydrogens is 378 g/mol. The van der Waals surface area contributed by atoms with Gasteiger partial charge in [-0.05, 0) is 29.8 Å². The molecular formula is C24H22N3O3+. The van der Waals surface area contributed by atoms with Crippen molar-refractivity contribution in [2.24, 2.45) is 0 Å². The molecule has 6 nitrogen and oxygen atoms in total. The van der Waals surface area contributed by atoms with E-state index in [1.807, 2.05) is 60.9 Å². The van der Waals surface area contributed by atoms with Gasteiger partial charge in [-0.3, -0.25) is 4.79 Å². The van der Waals surface area contributed by atoms with Crippen molar-refractivity contribution in [3.8, 4) is 22.8 Å². The van der Waals surface area contributed by atoms with E-state index < -0.39 is 0 Å². The van der Waals surface area contributed by atoms with Crippen molar-refractivity contribution in [3.63, 3.8) is 0 Å². The Balaban J connectivity index is 1.76. The second-order valence-corrected chi connectivity index (χ2v) is 6.73. The van der Waals surface area contributed by atoms with Crippen molar-refractivity contribution >= 4 is 16.8 Å². The minimum atomic E-state index is -0.157. The Morgan fingerprint density at radius 2 is 1.80 bits per heavy atom. The van der Waals surface area contributed by atoms with E-state index in [4.69, 9.17) is 14.5 Å². The van der Waals surface area contributed by atoms with Gasteiger partial charge < -0.3 is 14.8 Å². The largest absolute Gasteiger partial charge is 0.497 e. The summed E-state index contributed by atoms with van der Waals surface area (Å²) < 4.78 is 10.8. The van der Waals surface area contributed by atoms with E-state index in [-0.39, 0.29) is 5.91 Å². The molecule has 0 radical (unpaired) electrons. The third-order valence-corrected chi connectivity index (χ3v) is 4.89. The number of fused-ring (bicyclic) bond motifs is 1. The summed E-state index contributed by atoms with van der Waals surface area (Å²) in [5.74, 6) is 1.16. The Bertz CT molecular complexity index is 1190. The molecule has 4 rings (SSSR count). The summed E-state index contributed by atoms with van der Waals surface area (Å²) in [6.07, 6.45) is 3.66. The summed E-state index contributed by atoms with van der Waals surface area (Å²) in [5.41, 5.74) is 3.77. The van der Waals surface area contributed by atoms with Crippen LogP contribution in [-0.2, 0) is 6.54 Å². The van der Waals surface area contributed by atoms with Crippen LogP contribution in [0.3, 0.4) is 0 Å². The molecule has 0 atom stereocenters. The third-order valence-electron chi connectivity index (χ3n) is 4.89. The van der Waals surface area contributed by atoms with Gasteiger partial charge in [0, 0.05) is 35.7 Å². The number of ether oxygens (including phenoxy) is 2. The fraction of sp³-hybridized carbons (Fsp3) is 0.125. The molecule has 0 spiro atoms. The summed E-state index contributed by atoms with van der Waals surface area (Å²) in [5, 5.41) is 3.80. The molecule has 0 aliphatic rings. The molecule has 2 heterocycles.